The second-order valence-corrected chi connectivity index (χ2v) is 6.50. The van der Waals surface area contributed by atoms with E-state index in [0.717, 1.165) is 16.7 Å². The van der Waals surface area contributed by atoms with E-state index in [0.29, 0.717) is 0 Å². The summed E-state index contributed by atoms with van der Waals surface area (Å²) in [6, 6.07) is 10.9. The predicted molar refractivity (Wildman–Crippen MR) is 99.4 cm³/mol. The van der Waals surface area contributed by atoms with Gasteiger partial charge in [0.25, 0.3) is 0 Å². The van der Waals surface area contributed by atoms with Crippen molar-refractivity contribution in [2.75, 3.05) is 19.0 Å². The second-order valence-electron chi connectivity index (χ2n) is 5.43. The Morgan fingerprint density at radius 2 is 1.95 bits per heavy atom. The van der Waals surface area contributed by atoms with Gasteiger partial charge in [-0.25, -0.2) is 0 Å². The third-order valence-corrected chi connectivity index (χ3v) is 4.88. The van der Waals surface area contributed by atoms with Crippen LogP contribution in [0.3, 0.4) is 0 Å². The third kappa shape index (κ3) is 5.66. The first-order chi connectivity index (χ1) is 10.8. The molecule has 116 valence electrons. The molecular formula is C19H24N2S. The normalized spacial score (nSPS) is 17.3. The van der Waals surface area contributed by atoms with Crippen LogP contribution >= 0.6 is 11.8 Å². The highest BCUT2D eigenvalue weighted by atomic mass is 32.2. The molecule has 0 aromatic heterocycles. The number of allylic oxidation sites excluding steroid dienone is 3. The molecule has 0 saturated carbocycles. The summed E-state index contributed by atoms with van der Waals surface area (Å²) in [7, 11) is 0. The number of piperidine rings is 1. The van der Waals surface area contributed by atoms with E-state index in [2.05, 4.69) is 53.5 Å². The number of thioether (sulfide) groups is 1. The maximum atomic E-state index is 4.07. The van der Waals surface area contributed by atoms with Crippen molar-refractivity contribution in [3.8, 4) is 0 Å². The molecule has 0 aliphatic carbocycles. The first kappa shape index (κ1) is 16.8. The van der Waals surface area contributed by atoms with E-state index in [1.807, 2.05) is 18.2 Å². The fourth-order valence-electron chi connectivity index (χ4n) is 2.62. The van der Waals surface area contributed by atoms with Gasteiger partial charge in [0.1, 0.15) is 0 Å². The van der Waals surface area contributed by atoms with E-state index in [4.69, 9.17) is 0 Å². The van der Waals surface area contributed by atoms with E-state index in [1.54, 1.807) is 18.0 Å². The van der Waals surface area contributed by atoms with Crippen LogP contribution in [0.2, 0.25) is 0 Å². The SMILES string of the molecule is C=N/C=C\C=C/C(=C)SCN1CCC(c2ccccc2)CC1. The van der Waals surface area contributed by atoms with Gasteiger partial charge in [-0.3, -0.25) is 9.89 Å². The molecule has 0 spiro atoms. The number of nitrogens with zero attached hydrogens (tertiary/aromatic N) is 2. The number of rotatable bonds is 7. The predicted octanol–water partition coefficient (Wildman–Crippen LogP) is 4.84. The summed E-state index contributed by atoms with van der Waals surface area (Å²) in [5.41, 5.74) is 1.49. The van der Waals surface area contributed by atoms with Crippen molar-refractivity contribution in [3.63, 3.8) is 0 Å². The summed E-state index contributed by atoms with van der Waals surface area (Å²) < 4.78 is 0. The first-order valence-electron chi connectivity index (χ1n) is 7.67. The lowest BCUT2D eigenvalue weighted by Crippen LogP contribution is -2.32. The quantitative estimate of drug-likeness (QED) is 0.529. The summed E-state index contributed by atoms with van der Waals surface area (Å²) in [6.45, 7) is 9.81. The molecule has 1 aromatic carbocycles. The molecule has 0 bridgehead atoms. The maximum Gasteiger partial charge on any atom is 0.0491 e. The van der Waals surface area contributed by atoms with Crippen molar-refractivity contribution in [1.82, 2.24) is 4.90 Å². The molecule has 0 atom stereocenters. The molecule has 1 saturated heterocycles. The van der Waals surface area contributed by atoms with Crippen LogP contribution < -0.4 is 0 Å². The van der Waals surface area contributed by atoms with Gasteiger partial charge in [-0.1, -0.05) is 43.0 Å². The van der Waals surface area contributed by atoms with Crippen molar-refractivity contribution in [1.29, 1.82) is 0 Å². The van der Waals surface area contributed by atoms with Gasteiger partial charge in [-0.2, -0.15) is 0 Å². The lowest BCUT2D eigenvalue weighted by Gasteiger charge is -2.31. The topological polar surface area (TPSA) is 15.6 Å². The third-order valence-electron chi connectivity index (χ3n) is 3.88. The van der Waals surface area contributed by atoms with E-state index < -0.39 is 0 Å². The number of benzene rings is 1. The molecule has 1 fully saturated rings. The molecule has 1 aliphatic heterocycles. The van der Waals surface area contributed by atoms with Crippen molar-refractivity contribution in [3.05, 3.63) is 71.8 Å². The van der Waals surface area contributed by atoms with Crippen LogP contribution in [-0.4, -0.2) is 30.6 Å². The number of likely N-dealkylation sites (tertiary alicyclic amines) is 1. The number of hydrogen-bond donors (Lipinski definition) is 0. The number of aliphatic imine (C=N–C) groups is 1. The lowest BCUT2D eigenvalue weighted by molar-refractivity contribution is 0.246. The molecule has 3 heteroatoms. The van der Waals surface area contributed by atoms with Crippen molar-refractivity contribution in [2.45, 2.75) is 18.8 Å². The lowest BCUT2D eigenvalue weighted by atomic mass is 9.90. The summed E-state index contributed by atoms with van der Waals surface area (Å²) >= 11 is 1.80. The Morgan fingerprint density at radius 1 is 1.23 bits per heavy atom. The van der Waals surface area contributed by atoms with Gasteiger partial charge in [-0.15, -0.1) is 11.8 Å². The molecule has 1 aliphatic rings. The molecule has 0 unspecified atom stereocenters. The molecule has 22 heavy (non-hydrogen) atoms. The van der Waals surface area contributed by atoms with Crippen molar-refractivity contribution in [2.24, 2.45) is 4.99 Å². The van der Waals surface area contributed by atoms with E-state index in [1.165, 1.54) is 31.5 Å². The van der Waals surface area contributed by atoms with Gasteiger partial charge in [-0.05, 0) is 56.3 Å². The molecule has 1 aromatic rings. The van der Waals surface area contributed by atoms with Crippen LogP contribution in [0.15, 0.2) is 71.2 Å². The average Bonchev–Trinajstić information content (AvgIpc) is 2.58. The van der Waals surface area contributed by atoms with Gasteiger partial charge < -0.3 is 0 Å². The Bertz CT molecular complexity index is 526. The van der Waals surface area contributed by atoms with E-state index >= 15 is 0 Å². The zero-order valence-corrected chi connectivity index (χ0v) is 13.8. The minimum atomic E-state index is 0.724. The van der Waals surface area contributed by atoms with Crippen LogP contribution in [-0.2, 0) is 0 Å². The fraction of sp³-hybridized carbons (Fsp3) is 0.316. The smallest absolute Gasteiger partial charge is 0.0491 e. The highest BCUT2D eigenvalue weighted by Gasteiger charge is 2.20. The van der Waals surface area contributed by atoms with Gasteiger partial charge in [0, 0.05) is 17.0 Å². The van der Waals surface area contributed by atoms with Gasteiger partial charge >= 0.3 is 0 Å². The van der Waals surface area contributed by atoms with Crippen LogP contribution in [0.4, 0.5) is 0 Å². The first-order valence-corrected chi connectivity index (χ1v) is 8.66. The van der Waals surface area contributed by atoms with Crippen molar-refractivity contribution < 1.29 is 0 Å². The van der Waals surface area contributed by atoms with Gasteiger partial charge in [0.05, 0.1) is 0 Å². The summed E-state index contributed by atoms with van der Waals surface area (Å²) in [5, 5.41) is 0. The van der Waals surface area contributed by atoms with Crippen molar-refractivity contribution >= 4 is 18.5 Å². The second kappa shape index (κ2) is 9.44. The average molecular weight is 312 g/mol. The monoisotopic (exact) mass is 312 g/mol. The molecule has 0 radical (unpaired) electrons. The summed E-state index contributed by atoms with van der Waals surface area (Å²) in [5.74, 6) is 1.75. The van der Waals surface area contributed by atoms with E-state index in [-0.39, 0.29) is 0 Å². The number of hydrogen-bond acceptors (Lipinski definition) is 3. The van der Waals surface area contributed by atoms with Crippen LogP contribution in [0.25, 0.3) is 0 Å². The molecule has 0 N–H and O–H groups in total. The standard InChI is InChI=1S/C19H24N2S/c1-17(8-6-7-13-20-2)22-16-21-14-11-19(12-15-21)18-9-4-3-5-10-18/h3-10,13,19H,1-2,11-12,14-16H2/b8-6-,13-7-. The Hall–Kier alpha value is -1.58. The van der Waals surface area contributed by atoms with Gasteiger partial charge in [0.2, 0.25) is 0 Å². The van der Waals surface area contributed by atoms with Gasteiger partial charge in [0.15, 0.2) is 0 Å². The highest BCUT2D eigenvalue weighted by molar-refractivity contribution is 8.03. The summed E-state index contributed by atoms with van der Waals surface area (Å²) in [6.07, 6.45) is 10.0. The Morgan fingerprint density at radius 3 is 2.64 bits per heavy atom. The highest BCUT2D eigenvalue weighted by Crippen LogP contribution is 2.29. The van der Waals surface area contributed by atoms with Crippen LogP contribution in [0, 0.1) is 0 Å². The Labute approximate surface area is 138 Å². The Kier molecular flexibility index (Phi) is 7.20. The minimum absolute atomic E-state index is 0.724. The molecule has 1 heterocycles. The zero-order valence-electron chi connectivity index (χ0n) is 13.0. The molecular weight excluding hydrogens is 288 g/mol. The molecule has 0 amide bonds. The largest absolute Gasteiger partial charge is 0.294 e. The van der Waals surface area contributed by atoms with E-state index in [9.17, 15) is 0 Å². The molecule has 2 rings (SSSR count). The Balaban J connectivity index is 1.69. The van der Waals surface area contributed by atoms with Crippen LogP contribution in [0.5, 0.6) is 0 Å². The maximum absolute atomic E-state index is 4.07. The summed E-state index contributed by atoms with van der Waals surface area (Å²) in [4.78, 5) is 7.26. The fourth-order valence-corrected chi connectivity index (χ4v) is 3.40. The zero-order chi connectivity index (χ0) is 15.6. The molecule has 2 nitrogen and oxygen atoms in total. The van der Waals surface area contributed by atoms with Crippen LogP contribution in [0.1, 0.15) is 24.3 Å². The minimum Gasteiger partial charge on any atom is -0.294 e.